The number of rotatable bonds is 4. The molecule has 1 aromatic carbocycles. The van der Waals surface area contributed by atoms with E-state index in [0.29, 0.717) is 6.54 Å². The molecule has 0 amide bonds. The fourth-order valence-corrected chi connectivity index (χ4v) is 1.31. The standard InChI is InChI=1S/C9H10N4O2/c14-7-15-12-11-13-6-9-4-2-1-3-8(9)5-10-13/h1-5,7,11-12H,6H2. The van der Waals surface area contributed by atoms with Crippen LogP contribution >= 0.6 is 0 Å². The predicted molar refractivity (Wildman–Crippen MR) is 53.0 cm³/mol. The maximum Gasteiger partial charge on any atom is 0.314 e. The maximum atomic E-state index is 9.86. The Morgan fingerprint density at radius 1 is 1.47 bits per heavy atom. The molecule has 0 fully saturated rings. The van der Waals surface area contributed by atoms with Crippen LogP contribution in [0.1, 0.15) is 11.1 Å². The summed E-state index contributed by atoms with van der Waals surface area (Å²) >= 11 is 0. The fraction of sp³-hybridized carbons (Fsp3) is 0.111. The number of hydrazone groups is 1. The van der Waals surface area contributed by atoms with Gasteiger partial charge in [-0.25, -0.2) is 5.12 Å². The van der Waals surface area contributed by atoms with Crippen molar-refractivity contribution in [2.24, 2.45) is 5.10 Å². The predicted octanol–water partition coefficient (Wildman–Crippen LogP) is -0.0667. The number of carbonyl (C=O) groups excluding carboxylic acids is 1. The molecule has 0 bridgehead atoms. The molecular formula is C9H10N4O2. The van der Waals surface area contributed by atoms with Crippen LogP contribution < -0.4 is 11.1 Å². The van der Waals surface area contributed by atoms with Crippen molar-refractivity contribution in [1.29, 1.82) is 0 Å². The second-order valence-electron chi connectivity index (χ2n) is 2.93. The van der Waals surface area contributed by atoms with Crippen LogP contribution in [0.3, 0.4) is 0 Å². The Labute approximate surface area is 86.4 Å². The summed E-state index contributed by atoms with van der Waals surface area (Å²) in [6.45, 7) is 0.885. The minimum Gasteiger partial charge on any atom is -0.357 e. The van der Waals surface area contributed by atoms with Gasteiger partial charge in [0, 0.05) is 0 Å². The highest BCUT2D eigenvalue weighted by Crippen LogP contribution is 2.12. The quantitative estimate of drug-likeness (QED) is 0.410. The largest absolute Gasteiger partial charge is 0.357 e. The first-order valence-electron chi connectivity index (χ1n) is 4.39. The topological polar surface area (TPSA) is 66.0 Å². The summed E-state index contributed by atoms with van der Waals surface area (Å²) in [6, 6.07) is 7.93. The fourth-order valence-electron chi connectivity index (χ4n) is 1.31. The number of hydrazine groups is 2. The third-order valence-corrected chi connectivity index (χ3v) is 1.99. The van der Waals surface area contributed by atoms with Gasteiger partial charge in [0.1, 0.15) is 0 Å². The minimum atomic E-state index is 0.286. The molecule has 0 unspecified atom stereocenters. The molecule has 1 aliphatic heterocycles. The van der Waals surface area contributed by atoms with Gasteiger partial charge in [-0.3, -0.25) is 4.79 Å². The van der Waals surface area contributed by atoms with E-state index in [1.165, 1.54) is 5.12 Å². The van der Waals surface area contributed by atoms with Gasteiger partial charge in [-0.2, -0.15) is 5.10 Å². The van der Waals surface area contributed by atoms with Gasteiger partial charge in [0.05, 0.1) is 12.8 Å². The number of nitrogens with zero attached hydrogens (tertiary/aromatic N) is 2. The molecule has 15 heavy (non-hydrogen) atoms. The SMILES string of the molecule is O=CONNN1Cc2ccccc2C=N1. The number of nitrogens with one attached hydrogen (secondary N) is 2. The number of hydrogen-bond donors (Lipinski definition) is 2. The summed E-state index contributed by atoms with van der Waals surface area (Å²) in [6.07, 6.45) is 1.73. The van der Waals surface area contributed by atoms with Crippen molar-refractivity contribution in [1.82, 2.24) is 16.2 Å². The van der Waals surface area contributed by atoms with Crippen molar-refractivity contribution < 1.29 is 9.63 Å². The first-order chi connectivity index (χ1) is 7.40. The zero-order valence-corrected chi connectivity index (χ0v) is 7.88. The van der Waals surface area contributed by atoms with E-state index in [1.54, 1.807) is 6.21 Å². The Morgan fingerprint density at radius 3 is 3.20 bits per heavy atom. The second kappa shape index (κ2) is 4.54. The molecule has 0 atom stereocenters. The highest BCUT2D eigenvalue weighted by Gasteiger charge is 2.09. The summed E-state index contributed by atoms with van der Waals surface area (Å²) in [7, 11) is 0. The summed E-state index contributed by atoms with van der Waals surface area (Å²) in [5, 5.41) is 5.60. The average molecular weight is 206 g/mol. The van der Waals surface area contributed by atoms with Gasteiger partial charge in [-0.05, 0) is 11.1 Å². The van der Waals surface area contributed by atoms with Gasteiger partial charge in [0.25, 0.3) is 0 Å². The molecular weight excluding hydrogens is 196 g/mol. The van der Waals surface area contributed by atoms with E-state index < -0.39 is 0 Å². The van der Waals surface area contributed by atoms with Crippen molar-refractivity contribution >= 4 is 12.7 Å². The van der Waals surface area contributed by atoms with E-state index in [1.807, 2.05) is 24.3 Å². The van der Waals surface area contributed by atoms with E-state index in [-0.39, 0.29) is 6.47 Å². The van der Waals surface area contributed by atoms with Gasteiger partial charge >= 0.3 is 6.47 Å². The molecule has 1 heterocycles. The van der Waals surface area contributed by atoms with Crippen molar-refractivity contribution in [3.8, 4) is 0 Å². The molecule has 6 nitrogen and oxygen atoms in total. The molecule has 0 saturated carbocycles. The molecule has 2 rings (SSSR count). The van der Waals surface area contributed by atoms with Crippen LogP contribution in [0.25, 0.3) is 0 Å². The van der Waals surface area contributed by atoms with E-state index in [2.05, 4.69) is 21.1 Å². The Balaban J connectivity index is 1.97. The first-order valence-corrected chi connectivity index (χ1v) is 4.39. The second-order valence-corrected chi connectivity index (χ2v) is 2.93. The third kappa shape index (κ3) is 2.30. The van der Waals surface area contributed by atoms with E-state index in [9.17, 15) is 4.79 Å². The average Bonchev–Trinajstić information content (AvgIpc) is 2.29. The van der Waals surface area contributed by atoms with Crippen LogP contribution in [0.2, 0.25) is 0 Å². The molecule has 2 N–H and O–H groups in total. The summed E-state index contributed by atoms with van der Waals surface area (Å²) in [4.78, 5) is 14.1. The molecule has 78 valence electrons. The molecule has 1 aromatic rings. The summed E-state index contributed by atoms with van der Waals surface area (Å²) in [5.41, 5.74) is 7.06. The van der Waals surface area contributed by atoms with Crippen molar-refractivity contribution in [2.45, 2.75) is 6.54 Å². The number of hydrogen-bond acceptors (Lipinski definition) is 6. The van der Waals surface area contributed by atoms with Crippen molar-refractivity contribution in [3.63, 3.8) is 0 Å². The van der Waals surface area contributed by atoms with Crippen LogP contribution in [0, 0.1) is 0 Å². The van der Waals surface area contributed by atoms with Gasteiger partial charge in [0.15, 0.2) is 0 Å². The Kier molecular flexibility index (Phi) is 2.91. The minimum absolute atomic E-state index is 0.286. The summed E-state index contributed by atoms with van der Waals surface area (Å²) in [5.74, 6) is 0. The van der Waals surface area contributed by atoms with Crippen LogP contribution in [0.15, 0.2) is 29.4 Å². The molecule has 0 spiro atoms. The smallest absolute Gasteiger partial charge is 0.314 e. The zero-order valence-electron chi connectivity index (χ0n) is 7.88. The molecule has 0 radical (unpaired) electrons. The molecule has 6 heteroatoms. The lowest BCUT2D eigenvalue weighted by Gasteiger charge is -2.23. The Bertz CT molecular complexity index is 380. The van der Waals surface area contributed by atoms with Crippen molar-refractivity contribution in [2.75, 3.05) is 0 Å². The van der Waals surface area contributed by atoms with Crippen LogP contribution in [-0.2, 0) is 16.2 Å². The van der Waals surface area contributed by atoms with E-state index in [0.717, 1.165) is 11.1 Å². The van der Waals surface area contributed by atoms with E-state index >= 15 is 0 Å². The maximum absolute atomic E-state index is 9.86. The third-order valence-electron chi connectivity index (χ3n) is 1.99. The van der Waals surface area contributed by atoms with Gasteiger partial charge in [-0.15, -0.1) is 5.53 Å². The lowest BCUT2D eigenvalue weighted by Crippen LogP contribution is -2.44. The van der Waals surface area contributed by atoms with Crippen LogP contribution in [0.5, 0.6) is 0 Å². The summed E-state index contributed by atoms with van der Waals surface area (Å²) < 4.78 is 0. The normalized spacial score (nSPS) is 13.5. The van der Waals surface area contributed by atoms with E-state index in [4.69, 9.17) is 0 Å². The first kappa shape index (κ1) is 9.63. The van der Waals surface area contributed by atoms with Crippen molar-refractivity contribution in [3.05, 3.63) is 35.4 Å². The Hall–Kier alpha value is -1.92. The molecule has 0 saturated heterocycles. The lowest BCUT2D eigenvalue weighted by molar-refractivity contribution is -0.142. The van der Waals surface area contributed by atoms with Gasteiger partial charge < -0.3 is 4.84 Å². The highest BCUT2D eigenvalue weighted by molar-refractivity contribution is 5.82. The Morgan fingerprint density at radius 2 is 2.33 bits per heavy atom. The van der Waals surface area contributed by atoms with Crippen LogP contribution in [0.4, 0.5) is 0 Å². The number of benzene rings is 1. The molecule has 0 aliphatic carbocycles. The highest BCUT2D eigenvalue weighted by atomic mass is 16.7. The number of fused-ring (bicyclic) bond motifs is 1. The molecule has 0 aromatic heterocycles. The zero-order chi connectivity index (χ0) is 10.5. The van der Waals surface area contributed by atoms with Gasteiger partial charge in [0.2, 0.25) is 0 Å². The number of carbonyl (C=O) groups is 1. The monoisotopic (exact) mass is 206 g/mol. The van der Waals surface area contributed by atoms with Gasteiger partial charge in [-0.1, -0.05) is 29.9 Å². The lowest BCUT2D eigenvalue weighted by atomic mass is 10.1. The molecule has 1 aliphatic rings. The van der Waals surface area contributed by atoms with Crippen LogP contribution in [-0.4, -0.2) is 17.8 Å².